The van der Waals surface area contributed by atoms with E-state index in [4.69, 9.17) is 5.11 Å². The van der Waals surface area contributed by atoms with Crippen molar-refractivity contribution in [3.05, 3.63) is 29.6 Å². The maximum atomic E-state index is 13.4. The van der Waals surface area contributed by atoms with Crippen LogP contribution in [0.5, 0.6) is 0 Å². The van der Waals surface area contributed by atoms with Crippen LogP contribution in [0.25, 0.3) is 0 Å². The van der Waals surface area contributed by atoms with Gasteiger partial charge in [-0.25, -0.2) is 9.18 Å². The molecular weight excluding hydrogens is 275 g/mol. The molecule has 1 aromatic rings. The van der Waals surface area contributed by atoms with Gasteiger partial charge in [0.2, 0.25) is 0 Å². The highest BCUT2D eigenvalue weighted by molar-refractivity contribution is 7.90. The van der Waals surface area contributed by atoms with Crippen molar-refractivity contribution in [1.82, 2.24) is 4.31 Å². The van der Waals surface area contributed by atoms with Gasteiger partial charge in [0.25, 0.3) is 0 Å². The summed E-state index contributed by atoms with van der Waals surface area (Å²) in [5.74, 6) is -2.53. The van der Waals surface area contributed by atoms with Crippen molar-refractivity contribution in [3.63, 3.8) is 0 Å². The molecule has 8 heteroatoms. The molecule has 0 saturated heterocycles. The van der Waals surface area contributed by atoms with Crippen molar-refractivity contribution in [1.29, 1.82) is 0 Å². The van der Waals surface area contributed by atoms with Crippen LogP contribution in [-0.2, 0) is 10.2 Å². The minimum atomic E-state index is -3.90. The van der Waals surface area contributed by atoms with Gasteiger partial charge in [0.15, 0.2) is 0 Å². The monoisotopic (exact) mass is 290 g/mol. The van der Waals surface area contributed by atoms with Gasteiger partial charge >= 0.3 is 16.2 Å². The molecule has 0 aliphatic rings. The highest BCUT2D eigenvalue weighted by Crippen LogP contribution is 2.21. The summed E-state index contributed by atoms with van der Waals surface area (Å²) in [5, 5.41) is 8.91. The van der Waals surface area contributed by atoms with Gasteiger partial charge in [0.05, 0.1) is 5.69 Å². The highest BCUT2D eigenvalue weighted by Gasteiger charge is 2.23. The molecule has 6 nitrogen and oxygen atoms in total. The molecule has 0 amide bonds. The van der Waals surface area contributed by atoms with Gasteiger partial charge < -0.3 is 5.11 Å². The quantitative estimate of drug-likeness (QED) is 0.831. The Balaban J connectivity index is 3.20. The van der Waals surface area contributed by atoms with E-state index in [9.17, 15) is 17.6 Å². The standard InChI is InChI=1S/C11H15FN2O4S/c1-3-14(4-2)19(17,18)13-9-7-5-6-8(12)10(9)11(15)16/h5-7,13H,3-4H2,1-2H3,(H,15,16). The molecule has 0 aliphatic heterocycles. The molecule has 0 unspecified atom stereocenters. The number of carboxylic acid groups (broad SMARTS) is 1. The smallest absolute Gasteiger partial charge is 0.340 e. The van der Waals surface area contributed by atoms with Crippen LogP contribution in [0, 0.1) is 5.82 Å². The molecule has 1 aromatic carbocycles. The number of hydrogen-bond donors (Lipinski definition) is 2. The Morgan fingerprint density at radius 2 is 1.95 bits per heavy atom. The van der Waals surface area contributed by atoms with Crippen molar-refractivity contribution >= 4 is 21.9 Å². The van der Waals surface area contributed by atoms with Crippen LogP contribution in [-0.4, -0.2) is 36.9 Å². The molecule has 0 aromatic heterocycles. The third-order valence-electron chi connectivity index (χ3n) is 2.51. The third kappa shape index (κ3) is 3.42. The Kier molecular flexibility index (Phi) is 4.84. The molecule has 0 atom stereocenters. The molecule has 0 fully saturated rings. The van der Waals surface area contributed by atoms with E-state index in [0.717, 1.165) is 10.4 Å². The number of benzene rings is 1. The first-order valence-corrected chi connectivity index (χ1v) is 7.07. The minimum absolute atomic E-state index is 0.226. The number of nitrogens with one attached hydrogen (secondary N) is 1. The van der Waals surface area contributed by atoms with Crippen LogP contribution in [0.15, 0.2) is 18.2 Å². The summed E-state index contributed by atoms with van der Waals surface area (Å²) in [6, 6.07) is 3.40. The van der Waals surface area contributed by atoms with E-state index in [-0.39, 0.29) is 18.8 Å². The molecule has 0 saturated carbocycles. The van der Waals surface area contributed by atoms with Gasteiger partial charge in [-0.1, -0.05) is 19.9 Å². The molecule has 0 aliphatic carbocycles. The van der Waals surface area contributed by atoms with E-state index in [1.54, 1.807) is 13.8 Å². The van der Waals surface area contributed by atoms with E-state index < -0.39 is 27.6 Å². The van der Waals surface area contributed by atoms with Gasteiger partial charge in [0.1, 0.15) is 11.4 Å². The summed E-state index contributed by atoms with van der Waals surface area (Å²) in [6.07, 6.45) is 0. The van der Waals surface area contributed by atoms with Gasteiger partial charge in [-0.3, -0.25) is 4.72 Å². The van der Waals surface area contributed by atoms with Crippen LogP contribution in [0.3, 0.4) is 0 Å². The van der Waals surface area contributed by atoms with E-state index >= 15 is 0 Å². The zero-order chi connectivity index (χ0) is 14.6. The van der Waals surface area contributed by atoms with Crippen molar-refractivity contribution in [3.8, 4) is 0 Å². The first-order chi connectivity index (χ1) is 8.83. The maximum absolute atomic E-state index is 13.4. The molecular formula is C11H15FN2O4S. The summed E-state index contributed by atoms with van der Waals surface area (Å²) in [6.45, 7) is 3.74. The minimum Gasteiger partial charge on any atom is -0.478 e. The maximum Gasteiger partial charge on any atom is 0.340 e. The predicted octanol–water partition coefficient (Wildman–Crippen LogP) is 1.52. The lowest BCUT2D eigenvalue weighted by atomic mass is 10.2. The summed E-state index contributed by atoms with van der Waals surface area (Å²) in [5.41, 5.74) is -0.988. The molecule has 0 bridgehead atoms. The average Bonchev–Trinajstić information content (AvgIpc) is 2.28. The number of carbonyl (C=O) groups is 1. The summed E-state index contributed by atoms with van der Waals surface area (Å²) < 4.78 is 40.5. The van der Waals surface area contributed by atoms with Crippen molar-refractivity contribution in [2.75, 3.05) is 17.8 Å². The second-order valence-corrected chi connectivity index (χ2v) is 5.33. The Morgan fingerprint density at radius 3 is 2.42 bits per heavy atom. The van der Waals surface area contributed by atoms with Crippen LogP contribution < -0.4 is 4.72 Å². The molecule has 0 spiro atoms. The zero-order valence-corrected chi connectivity index (χ0v) is 11.4. The number of halogens is 1. The van der Waals surface area contributed by atoms with E-state index in [2.05, 4.69) is 4.72 Å². The summed E-state index contributed by atoms with van der Waals surface area (Å²) in [4.78, 5) is 10.9. The predicted molar refractivity (Wildman–Crippen MR) is 68.8 cm³/mol. The number of nitrogens with zero attached hydrogens (tertiary/aromatic N) is 1. The molecule has 1 rings (SSSR count). The Hall–Kier alpha value is -1.67. The van der Waals surface area contributed by atoms with E-state index in [1.165, 1.54) is 12.1 Å². The van der Waals surface area contributed by atoms with Crippen LogP contribution in [0.2, 0.25) is 0 Å². The van der Waals surface area contributed by atoms with Gasteiger partial charge in [0, 0.05) is 13.1 Å². The number of aromatic carboxylic acids is 1. The second-order valence-electron chi connectivity index (χ2n) is 3.66. The fourth-order valence-electron chi connectivity index (χ4n) is 1.59. The van der Waals surface area contributed by atoms with E-state index in [0.29, 0.717) is 0 Å². The first kappa shape index (κ1) is 15.4. The Morgan fingerprint density at radius 1 is 1.37 bits per heavy atom. The zero-order valence-electron chi connectivity index (χ0n) is 10.6. The number of anilines is 1. The topological polar surface area (TPSA) is 86.7 Å². The van der Waals surface area contributed by atoms with E-state index in [1.807, 2.05) is 0 Å². The van der Waals surface area contributed by atoms with Crippen LogP contribution >= 0.6 is 0 Å². The Labute approximate surface area is 111 Å². The molecule has 2 N–H and O–H groups in total. The summed E-state index contributed by atoms with van der Waals surface area (Å²) >= 11 is 0. The lowest BCUT2D eigenvalue weighted by molar-refractivity contribution is 0.0693. The normalized spacial score (nSPS) is 11.6. The fraction of sp³-hybridized carbons (Fsp3) is 0.364. The molecule has 0 radical (unpaired) electrons. The molecule has 106 valence electrons. The van der Waals surface area contributed by atoms with Crippen molar-refractivity contribution in [2.24, 2.45) is 0 Å². The lowest BCUT2D eigenvalue weighted by Gasteiger charge is -2.20. The number of carboxylic acids is 1. The number of hydrogen-bond acceptors (Lipinski definition) is 3. The fourth-order valence-corrected chi connectivity index (χ4v) is 2.85. The first-order valence-electron chi connectivity index (χ1n) is 5.63. The average molecular weight is 290 g/mol. The highest BCUT2D eigenvalue weighted by atomic mass is 32.2. The molecule has 0 heterocycles. The van der Waals surface area contributed by atoms with Crippen molar-refractivity contribution in [2.45, 2.75) is 13.8 Å². The van der Waals surface area contributed by atoms with Gasteiger partial charge in [-0.15, -0.1) is 0 Å². The Bertz CT molecular complexity index is 570. The van der Waals surface area contributed by atoms with Gasteiger partial charge in [-0.2, -0.15) is 12.7 Å². The lowest BCUT2D eigenvalue weighted by Crippen LogP contribution is -2.36. The second kappa shape index (κ2) is 5.98. The van der Waals surface area contributed by atoms with Crippen LogP contribution in [0.4, 0.5) is 10.1 Å². The largest absolute Gasteiger partial charge is 0.478 e. The van der Waals surface area contributed by atoms with Crippen molar-refractivity contribution < 1.29 is 22.7 Å². The summed E-state index contributed by atoms with van der Waals surface area (Å²) in [7, 11) is -3.90. The third-order valence-corrected chi connectivity index (χ3v) is 4.19. The molecule has 19 heavy (non-hydrogen) atoms. The number of rotatable bonds is 6. The van der Waals surface area contributed by atoms with Gasteiger partial charge in [-0.05, 0) is 12.1 Å². The van der Waals surface area contributed by atoms with Crippen LogP contribution in [0.1, 0.15) is 24.2 Å². The SMILES string of the molecule is CCN(CC)S(=O)(=O)Nc1cccc(F)c1C(=O)O.